The molecule has 3 aromatic carbocycles. The van der Waals surface area contributed by atoms with Crippen LogP contribution in [0.25, 0.3) is 11.3 Å². The van der Waals surface area contributed by atoms with Crippen LogP contribution in [0.1, 0.15) is 53.1 Å². The number of nitrogens with zero attached hydrogens (tertiary/aromatic N) is 2. The van der Waals surface area contributed by atoms with Crippen molar-refractivity contribution < 1.29 is 14.3 Å². The summed E-state index contributed by atoms with van der Waals surface area (Å²) in [6.45, 7) is 3.25. The van der Waals surface area contributed by atoms with Gasteiger partial charge in [-0.25, -0.2) is 9.78 Å². The molecule has 0 saturated heterocycles. The molecule has 0 bridgehead atoms. The number of ether oxygens (including phenoxy) is 2. The molecule has 0 unspecified atom stereocenters. The molecule has 0 saturated carbocycles. The number of methoxy groups -OCH3 is 1. The smallest absolute Gasteiger partial charge is 0.338 e. The highest BCUT2D eigenvalue weighted by molar-refractivity contribution is 6.36. The first-order chi connectivity index (χ1) is 18.4. The number of carbonyl (C=O) groups is 1. The highest BCUT2D eigenvalue weighted by atomic mass is 35.5. The van der Waals surface area contributed by atoms with E-state index in [2.05, 4.69) is 11.5 Å². The zero-order valence-corrected chi connectivity index (χ0v) is 23.0. The van der Waals surface area contributed by atoms with E-state index in [0.717, 1.165) is 47.6 Å². The first-order valence-electron chi connectivity index (χ1n) is 12.6. The number of benzene rings is 3. The SMILES string of the molecule is CCCCn1cc(-c2ccc(Cl)cc2Cl)nc1[C@@H](N)Cc1ccc(OCc2ccccc2C(=O)OC)cc1. The number of esters is 1. The Balaban J connectivity index is 1.46. The Kier molecular flexibility index (Phi) is 9.45. The number of unbranched alkanes of at least 4 members (excludes halogenated alkanes) is 1. The zero-order valence-electron chi connectivity index (χ0n) is 21.5. The van der Waals surface area contributed by atoms with Gasteiger partial charge in [0, 0.05) is 28.9 Å². The Morgan fingerprint density at radius 3 is 2.55 bits per heavy atom. The van der Waals surface area contributed by atoms with E-state index in [1.54, 1.807) is 18.2 Å². The fourth-order valence-corrected chi connectivity index (χ4v) is 4.75. The van der Waals surface area contributed by atoms with Gasteiger partial charge in [-0.1, -0.05) is 66.9 Å². The fraction of sp³-hybridized carbons (Fsp3) is 0.267. The summed E-state index contributed by atoms with van der Waals surface area (Å²) in [5.74, 6) is 1.14. The average Bonchev–Trinajstić information content (AvgIpc) is 3.35. The molecule has 198 valence electrons. The minimum Gasteiger partial charge on any atom is -0.489 e. The van der Waals surface area contributed by atoms with Crippen LogP contribution in [0.3, 0.4) is 0 Å². The molecule has 8 heteroatoms. The number of hydrogen-bond donors (Lipinski definition) is 1. The van der Waals surface area contributed by atoms with Gasteiger partial charge in [-0.2, -0.15) is 0 Å². The van der Waals surface area contributed by atoms with Gasteiger partial charge in [-0.05, 0) is 54.8 Å². The lowest BCUT2D eigenvalue weighted by Crippen LogP contribution is -2.19. The van der Waals surface area contributed by atoms with Gasteiger partial charge in [0.15, 0.2) is 0 Å². The van der Waals surface area contributed by atoms with Crippen LogP contribution in [0.4, 0.5) is 0 Å². The third-order valence-electron chi connectivity index (χ3n) is 6.29. The molecule has 6 nitrogen and oxygen atoms in total. The van der Waals surface area contributed by atoms with Crippen molar-refractivity contribution in [3.63, 3.8) is 0 Å². The predicted molar refractivity (Wildman–Crippen MR) is 152 cm³/mol. The average molecular weight is 553 g/mol. The molecule has 0 aliphatic rings. The maximum atomic E-state index is 12.0. The van der Waals surface area contributed by atoms with E-state index in [0.29, 0.717) is 27.8 Å². The maximum Gasteiger partial charge on any atom is 0.338 e. The van der Waals surface area contributed by atoms with Gasteiger partial charge < -0.3 is 19.8 Å². The lowest BCUT2D eigenvalue weighted by atomic mass is 10.1. The molecule has 4 rings (SSSR count). The van der Waals surface area contributed by atoms with Crippen LogP contribution in [0.15, 0.2) is 72.9 Å². The van der Waals surface area contributed by atoms with E-state index in [-0.39, 0.29) is 18.6 Å². The molecule has 38 heavy (non-hydrogen) atoms. The van der Waals surface area contributed by atoms with Gasteiger partial charge in [-0.3, -0.25) is 0 Å². The number of carbonyl (C=O) groups excluding carboxylic acids is 1. The number of imidazole rings is 1. The highest BCUT2D eigenvalue weighted by Gasteiger charge is 2.18. The molecule has 0 radical (unpaired) electrons. The van der Waals surface area contributed by atoms with Crippen LogP contribution in [-0.2, 0) is 24.3 Å². The van der Waals surface area contributed by atoms with Gasteiger partial charge in [-0.15, -0.1) is 0 Å². The van der Waals surface area contributed by atoms with E-state index in [1.165, 1.54) is 7.11 Å². The van der Waals surface area contributed by atoms with E-state index < -0.39 is 0 Å². The van der Waals surface area contributed by atoms with Crippen molar-refractivity contribution in [2.24, 2.45) is 5.73 Å². The molecule has 0 amide bonds. The van der Waals surface area contributed by atoms with Gasteiger partial charge in [0.25, 0.3) is 0 Å². The number of halogens is 2. The number of hydrogen-bond acceptors (Lipinski definition) is 5. The molecule has 1 atom stereocenters. The topological polar surface area (TPSA) is 79.4 Å². The first kappa shape index (κ1) is 27.7. The quantitative estimate of drug-likeness (QED) is 0.198. The molecular formula is C30H31Cl2N3O3. The van der Waals surface area contributed by atoms with Crippen molar-refractivity contribution in [1.29, 1.82) is 0 Å². The lowest BCUT2D eigenvalue weighted by Gasteiger charge is -2.15. The van der Waals surface area contributed by atoms with E-state index in [1.807, 2.05) is 54.7 Å². The molecule has 0 aliphatic carbocycles. The van der Waals surface area contributed by atoms with Crippen LogP contribution in [-0.4, -0.2) is 22.6 Å². The molecule has 2 N–H and O–H groups in total. The summed E-state index contributed by atoms with van der Waals surface area (Å²) in [5.41, 5.74) is 10.6. The molecular weight excluding hydrogens is 521 g/mol. The van der Waals surface area contributed by atoms with Gasteiger partial charge >= 0.3 is 5.97 Å². The number of rotatable bonds is 11. The van der Waals surface area contributed by atoms with Gasteiger partial charge in [0.2, 0.25) is 0 Å². The van der Waals surface area contributed by atoms with Crippen molar-refractivity contribution in [2.45, 2.75) is 45.4 Å². The number of aromatic nitrogens is 2. The standard InChI is InChI=1S/C30H31Cl2N3O3/c1-3-4-15-35-18-28(25-14-11-22(31)17-26(25)32)34-29(35)27(33)16-20-9-12-23(13-10-20)38-19-21-7-5-6-8-24(21)30(36)37-2/h5-14,17-18,27H,3-4,15-16,19,33H2,1-2H3/t27-/m0/s1. The summed E-state index contributed by atoms with van der Waals surface area (Å²) in [7, 11) is 1.37. The van der Waals surface area contributed by atoms with Crippen molar-refractivity contribution in [3.05, 3.63) is 105 Å². The van der Waals surface area contributed by atoms with Crippen molar-refractivity contribution in [1.82, 2.24) is 9.55 Å². The highest BCUT2D eigenvalue weighted by Crippen LogP contribution is 2.31. The number of nitrogens with two attached hydrogens (primary N) is 1. The van der Waals surface area contributed by atoms with Crippen molar-refractivity contribution >= 4 is 29.2 Å². The van der Waals surface area contributed by atoms with E-state index >= 15 is 0 Å². The minimum absolute atomic E-state index is 0.259. The largest absolute Gasteiger partial charge is 0.489 e. The molecule has 4 aromatic rings. The predicted octanol–water partition coefficient (Wildman–Crippen LogP) is 7.27. The monoisotopic (exact) mass is 551 g/mol. The van der Waals surface area contributed by atoms with E-state index in [9.17, 15) is 4.79 Å². The fourth-order valence-electron chi connectivity index (χ4n) is 4.24. The Labute approximate surface area is 233 Å². The molecule has 1 aromatic heterocycles. The van der Waals surface area contributed by atoms with Crippen molar-refractivity contribution in [3.8, 4) is 17.0 Å². The Morgan fingerprint density at radius 1 is 1.08 bits per heavy atom. The Morgan fingerprint density at radius 2 is 1.84 bits per heavy atom. The van der Waals surface area contributed by atoms with Crippen LogP contribution in [0.2, 0.25) is 10.0 Å². The first-order valence-corrected chi connectivity index (χ1v) is 13.3. The summed E-state index contributed by atoms with van der Waals surface area (Å²) < 4.78 is 12.9. The summed E-state index contributed by atoms with van der Waals surface area (Å²) in [6, 6.07) is 20.2. The second-order valence-electron chi connectivity index (χ2n) is 9.05. The third-order valence-corrected chi connectivity index (χ3v) is 6.84. The normalized spacial score (nSPS) is 11.8. The molecule has 1 heterocycles. The second-order valence-corrected chi connectivity index (χ2v) is 9.89. The Bertz CT molecular complexity index is 1390. The maximum absolute atomic E-state index is 12.0. The van der Waals surface area contributed by atoms with E-state index in [4.69, 9.17) is 43.4 Å². The molecule has 0 spiro atoms. The number of aryl methyl sites for hydroxylation is 1. The summed E-state index contributed by atoms with van der Waals surface area (Å²) in [6.07, 6.45) is 4.72. The zero-order chi connectivity index (χ0) is 27.1. The van der Waals surface area contributed by atoms with Crippen LogP contribution >= 0.6 is 23.2 Å². The minimum atomic E-state index is -0.382. The summed E-state index contributed by atoms with van der Waals surface area (Å²) >= 11 is 12.5. The second kappa shape index (κ2) is 13.0. The Hall–Kier alpha value is -3.32. The summed E-state index contributed by atoms with van der Waals surface area (Å²) in [4.78, 5) is 16.9. The van der Waals surface area contributed by atoms with Crippen LogP contribution in [0, 0.1) is 0 Å². The molecule has 0 fully saturated rings. The van der Waals surface area contributed by atoms with Crippen LogP contribution < -0.4 is 10.5 Å². The lowest BCUT2D eigenvalue weighted by molar-refractivity contribution is 0.0597. The van der Waals surface area contributed by atoms with Crippen LogP contribution in [0.5, 0.6) is 5.75 Å². The molecule has 0 aliphatic heterocycles. The third kappa shape index (κ3) is 6.76. The summed E-state index contributed by atoms with van der Waals surface area (Å²) in [5, 5.41) is 1.14. The van der Waals surface area contributed by atoms with Crippen molar-refractivity contribution in [2.75, 3.05) is 7.11 Å². The van der Waals surface area contributed by atoms with Gasteiger partial charge in [0.1, 0.15) is 18.2 Å². The van der Waals surface area contributed by atoms with Gasteiger partial charge in [0.05, 0.1) is 29.4 Å².